The fourth-order valence-corrected chi connectivity index (χ4v) is 2.32. The van der Waals surface area contributed by atoms with E-state index in [0.717, 1.165) is 19.1 Å². The van der Waals surface area contributed by atoms with E-state index in [1.165, 1.54) is 29.5 Å². The van der Waals surface area contributed by atoms with Crippen molar-refractivity contribution < 1.29 is 4.74 Å². The van der Waals surface area contributed by atoms with Gasteiger partial charge in [-0.05, 0) is 35.4 Å². The van der Waals surface area contributed by atoms with Crippen molar-refractivity contribution in [3.63, 3.8) is 0 Å². The first kappa shape index (κ1) is 9.33. The predicted octanol–water partition coefficient (Wildman–Crippen LogP) is 1.63. The van der Waals surface area contributed by atoms with Gasteiger partial charge in [0.05, 0.1) is 13.2 Å². The number of ether oxygens (including phenoxy) is 1. The Kier molecular flexibility index (Phi) is 2.24. The summed E-state index contributed by atoms with van der Waals surface area (Å²) in [4.78, 5) is 0. The van der Waals surface area contributed by atoms with Crippen LogP contribution in [-0.2, 0) is 18.0 Å². The van der Waals surface area contributed by atoms with Crippen LogP contribution in [0.5, 0.6) is 0 Å². The summed E-state index contributed by atoms with van der Waals surface area (Å²) < 4.78 is 5.41. The van der Waals surface area contributed by atoms with Crippen LogP contribution in [0, 0.1) is 5.92 Å². The smallest absolute Gasteiger partial charge is 0.0725 e. The fraction of sp³-hybridized carbons (Fsp3) is 0.500. The summed E-state index contributed by atoms with van der Waals surface area (Å²) in [7, 11) is 0. The number of nitrogens with one attached hydrogen (secondary N) is 1. The third kappa shape index (κ3) is 1.67. The molecule has 0 saturated heterocycles. The van der Waals surface area contributed by atoms with Gasteiger partial charge < -0.3 is 4.74 Å². The minimum absolute atomic E-state index is 0.330. The molecule has 0 amide bonds. The maximum atomic E-state index is 5.61. The lowest BCUT2D eigenvalue weighted by molar-refractivity contribution is 0.134. The van der Waals surface area contributed by atoms with E-state index in [2.05, 4.69) is 23.6 Å². The van der Waals surface area contributed by atoms with E-state index in [0.29, 0.717) is 6.04 Å². The van der Waals surface area contributed by atoms with Crippen molar-refractivity contribution in [1.82, 2.24) is 5.43 Å². The van der Waals surface area contributed by atoms with Crippen molar-refractivity contribution in [1.29, 1.82) is 0 Å². The number of benzene rings is 1. The van der Waals surface area contributed by atoms with Crippen LogP contribution in [0.1, 0.15) is 35.6 Å². The number of hydrogen-bond acceptors (Lipinski definition) is 3. The first-order valence-corrected chi connectivity index (χ1v) is 5.54. The molecule has 1 aliphatic carbocycles. The van der Waals surface area contributed by atoms with E-state index in [1.54, 1.807) is 0 Å². The van der Waals surface area contributed by atoms with E-state index in [9.17, 15) is 0 Å². The minimum atomic E-state index is 0.330. The molecule has 1 aromatic rings. The largest absolute Gasteiger partial charge is 0.372 e. The SMILES string of the molecule is NNC(c1ccc2c(c1)COC2)C1CC1. The van der Waals surface area contributed by atoms with Gasteiger partial charge in [-0.25, -0.2) is 0 Å². The molecule has 0 bridgehead atoms. The number of fused-ring (bicyclic) bond motifs is 1. The predicted molar refractivity (Wildman–Crippen MR) is 57.7 cm³/mol. The number of rotatable bonds is 3. The van der Waals surface area contributed by atoms with Crippen molar-refractivity contribution in [3.8, 4) is 0 Å². The highest BCUT2D eigenvalue weighted by Crippen LogP contribution is 2.41. The molecule has 3 heteroatoms. The van der Waals surface area contributed by atoms with Crippen LogP contribution in [-0.4, -0.2) is 0 Å². The molecule has 0 spiro atoms. The fourth-order valence-electron chi connectivity index (χ4n) is 2.32. The summed E-state index contributed by atoms with van der Waals surface area (Å²) in [6.45, 7) is 1.52. The molecule has 0 aromatic heterocycles. The zero-order chi connectivity index (χ0) is 10.3. The monoisotopic (exact) mass is 204 g/mol. The van der Waals surface area contributed by atoms with Crippen molar-refractivity contribution in [2.45, 2.75) is 32.1 Å². The highest BCUT2D eigenvalue weighted by Gasteiger charge is 2.31. The summed E-state index contributed by atoms with van der Waals surface area (Å²) >= 11 is 0. The molecule has 1 aliphatic heterocycles. The second-order valence-corrected chi connectivity index (χ2v) is 4.50. The first-order chi connectivity index (χ1) is 7.38. The highest BCUT2D eigenvalue weighted by atomic mass is 16.5. The Balaban J connectivity index is 1.90. The molecule has 3 nitrogen and oxygen atoms in total. The van der Waals surface area contributed by atoms with Crippen LogP contribution in [0.15, 0.2) is 18.2 Å². The molecule has 1 heterocycles. The van der Waals surface area contributed by atoms with Gasteiger partial charge in [0.25, 0.3) is 0 Å². The van der Waals surface area contributed by atoms with Gasteiger partial charge in [0.2, 0.25) is 0 Å². The van der Waals surface area contributed by atoms with E-state index >= 15 is 0 Å². The molecule has 1 aromatic carbocycles. The Morgan fingerprint density at radius 1 is 1.27 bits per heavy atom. The van der Waals surface area contributed by atoms with Crippen LogP contribution < -0.4 is 11.3 Å². The van der Waals surface area contributed by atoms with E-state index in [1.807, 2.05) is 0 Å². The summed E-state index contributed by atoms with van der Waals surface area (Å²) in [5.41, 5.74) is 6.89. The van der Waals surface area contributed by atoms with Gasteiger partial charge in [0, 0.05) is 6.04 Å². The minimum Gasteiger partial charge on any atom is -0.372 e. The third-order valence-corrected chi connectivity index (χ3v) is 3.38. The number of hydrazine groups is 1. The van der Waals surface area contributed by atoms with Gasteiger partial charge in [0.15, 0.2) is 0 Å². The third-order valence-electron chi connectivity index (χ3n) is 3.38. The van der Waals surface area contributed by atoms with Gasteiger partial charge in [-0.2, -0.15) is 0 Å². The van der Waals surface area contributed by atoms with Gasteiger partial charge >= 0.3 is 0 Å². The summed E-state index contributed by atoms with van der Waals surface area (Å²) in [6, 6.07) is 6.92. The standard InChI is InChI=1S/C12H16N2O/c13-14-12(8-1-2-8)9-3-4-10-6-15-7-11(10)5-9/h3-5,8,12,14H,1-2,6-7,13H2. The average molecular weight is 204 g/mol. The molecular weight excluding hydrogens is 188 g/mol. The Morgan fingerprint density at radius 2 is 2.07 bits per heavy atom. The molecule has 1 fully saturated rings. The molecule has 1 unspecified atom stereocenters. The molecular formula is C12H16N2O. The van der Waals surface area contributed by atoms with Crippen LogP contribution in [0.25, 0.3) is 0 Å². The second-order valence-electron chi connectivity index (χ2n) is 4.50. The van der Waals surface area contributed by atoms with Crippen LogP contribution in [0.2, 0.25) is 0 Å². The van der Waals surface area contributed by atoms with Crippen molar-refractivity contribution in [2.75, 3.05) is 0 Å². The summed E-state index contributed by atoms with van der Waals surface area (Å²) in [5.74, 6) is 6.34. The quantitative estimate of drug-likeness (QED) is 0.581. The number of nitrogens with two attached hydrogens (primary N) is 1. The Labute approximate surface area is 89.6 Å². The molecule has 1 atom stereocenters. The van der Waals surface area contributed by atoms with Crippen LogP contribution in [0.3, 0.4) is 0 Å². The number of hydrogen-bond donors (Lipinski definition) is 2. The molecule has 2 aliphatic rings. The second kappa shape index (κ2) is 3.59. The summed E-state index contributed by atoms with van der Waals surface area (Å²) in [5, 5.41) is 0. The van der Waals surface area contributed by atoms with Crippen LogP contribution >= 0.6 is 0 Å². The van der Waals surface area contributed by atoms with Gasteiger partial charge in [-0.1, -0.05) is 18.2 Å². The van der Waals surface area contributed by atoms with Gasteiger partial charge in [-0.15, -0.1) is 0 Å². The molecule has 80 valence electrons. The molecule has 3 rings (SSSR count). The lowest BCUT2D eigenvalue weighted by atomic mass is 9.98. The van der Waals surface area contributed by atoms with Crippen molar-refractivity contribution >= 4 is 0 Å². The maximum Gasteiger partial charge on any atom is 0.0725 e. The van der Waals surface area contributed by atoms with Crippen LogP contribution in [0.4, 0.5) is 0 Å². The van der Waals surface area contributed by atoms with Crippen molar-refractivity contribution in [2.24, 2.45) is 11.8 Å². The zero-order valence-electron chi connectivity index (χ0n) is 8.70. The van der Waals surface area contributed by atoms with Gasteiger partial charge in [0.1, 0.15) is 0 Å². The Hall–Kier alpha value is -0.900. The topological polar surface area (TPSA) is 47.3 Å². The van der Waals surface area contributed by atoms with E-state index in [4.69, 9.17) is 10.6 Å². The Morgan fingerprint density at radius 3 is 2.80 bits per heavy atom. The molecule has 15 heavy (non-hydrogen) atoms. The van der Waals surface area contributed by atoms with E-state index < -0.39 is 0 Å². The van der Waals surface area contributed by atoms with E-state index in [-0.39, 0.29) is 0 Å². The lowest BCUT2D eigenvalue weighted by Crippen LogP contribution is -2.29. The molecule has 3 N–H and O–H groups in total. The zero-order valence-corrected chi connectivity index (χ0v) is 8.70. The molecule has 0 radical (unpaired) electrons. The van der Waals surface area contributed by atoms with Gasteiger partial charge in [-0.3, -0.25) is 11.3 Å². The molecule has 1 saturated carbocycles. The Bertz CT molecular complexity index is 374. The lowest BCUT2D eigenvalue weighted by Gasteiger charge is -2.16. The highest BCUT2D eigenvalue weighted by molar-refractivity contribution is 5.35. The maximum absolute atomic E-state index is 5.61. The van der Waals surface area contributed by atoms with Crippen molar-refractivity contribution in [3.05, 3.63) is 34.9 Å². The first-order valence-electron chi connectivity index (χ1n) is 5.54. The normalized spacial score (nSPS) is 21.4. The summed E-state index contributed by atoms with van der Waals surface area (Å²) in [6.07, 6.45) is 2.59. The average Bonchev–Trinajstić information content (AvgIpc) is 2.97.